The number of ether oxygens (including phenoxy) is 1. The average Bonchev–Trinajstić information content (AvgIpc) is 2.96. The van der Waals surface area contributed by atoms with Crippen molar-refractivity contribution < 1.29 is 9.53 Å². The van der Waals surface area contributed by atoms with Crippen LogP contribution in [-0.2, 0) is 0 Å². The van der Waals surface area contributed by atoms with Crippen molar-refractivity contribution in [3.8, 4) is 5.75 Å². The Labute approximate surface area is 137 Å². The number of carbonyl (C=O) groups is 1. The van der Waals surface area contributed by atoms with Gasteiger partial charge in [-0.15, -0.1) is 11.3 Å². The molecule has 0 saturated carbocycles. The first-order valence-electron chi connectivity index (χ1n) is 6.72. The number of ketones is 1. The van der Waals surface area contributed by atoms with Crippen molar-refractivity contribution >= 4 is 44.9 Å². The van der Waals surface area contributed by atoms with Gasteiger partial charge in [-0.2, -0.15) is 0 Å². The van der Waals surface area contributed by atoms with Gasteiger partial charge in [0.05, 0.1) is 7.11 Å². The molecule has 0 unspecified atom stereocenters. The van der Waals surface area contributed by atoms with Crippen LogP contribution < -0.4 is 4.74 Å². The van der Waals surface area contributed by atoms with Gasteiger partial charge in [0.25, 0.3) is 0 Å². The van der Waals surface area contributed by atoms with E-state index in [2.05, 4.69) is 0 Å². The lowest BCUT2D eigenvalue weighted by molar-refractivity contribution is 0.104. The first kappa shape index (κ1) is 14.8. The second-order valence-corrected chi connectivity index (χ2v) is 6.28. The monoisotopic (exact) mass is 328 g/mol. The predicted molar refractivity (Wildman–Crippen MR) is 93.2 cm³/mol. The summed E-state index contributed by atoms with van der Waals surface area (Å²) in [5, 5.41) is 1.69. The SMILES string of the molecule is COc1cccc2sc(C=CC(=O)c3ccc(Cl)cc3)cc12. The van der Waals surface area contributed by atoms with Gasteiger partial charge in [-0.3, -0.25) is 4.79 Å². The zero-order valence-corrected chi connectivity index (χ0v) is 13.4. The molecule has 0 saturated heterocycles. The van der Waals surface area contributed by atoms with Gasteiger partial charge in [0.1, 0.15) is 5.75 Å². The fourth-order valence-corrected chi connectivity index (χ4v) is 3.29. The summed E-state index contributed by atoms with van der Waals surface area (Å²) in [6.07, 6.45) is 3.42. The standard InChI is InChI=1S/C18H13ClO2S/c1-21-17-3-2-4-18-15(17)11-14(22-18)9-10-16(20)12-5-7-13(19)8-6-12/h2-11H,1H3. The van der Waals surface area contributed by atoms with Crippen molar-refractivity contribution in [1.29, 1.82) is 0 Å². The topological polar surface area (TPSA) is 26.3 Å². The molecule has 110 valence electrons. The third-order valence-corrected chi connectivity index (χ3v) is 4.61. The number of rotatable bonds is 4. The van der Waals surface area contributed by atoms with Crippen molar-refractivity contribution in [2.45, 2.75) is 0 Å². The molecule has 4 heteroatoms. The summed E-state index contributed by atoms with van der Waals surface area (Å²) in [5.41, 5.74) is 0.624. The molecule has 0 N–H and O–H groups in total. The normalized spacial score (nSPS) is 11.2. The number of halogens is 1. The van der Waals surface area contributed by atoms with E-state index in [-0.39, 0.29) is 5.78 Å². The first-order chi connectivity index (χ1) is 10.7. The number of benzene rings is 2. The molecule has 1 aromatic heterocycles. The van der Waals surface area contributed by atoms with Gasteiger partial charge in [0.15, 0.2) is 5.78 Å². The van der Waals surface area contributed by atoms with Crippen LogP contribution in [0.2, 0.25) is 5.02 Å². The molecular formula is C18H13ClO2S. The van der Waals surface area contributed by atoms with E-state index in [1.807, 2.05) is 30.3 Å². The van der Waals surface area contributed by atoms with E-state index in [4.69, 9.17) is 16.3 Å². The fraction of sp³-hybridized carbons (Fsp3) is 0.0556. The van der Waals surface area contributed by atoms with Gasteiger partial charge in [-0.1, -0.05) is 17.7 Å². The summed E-state index contributed by atoms with van der Waals surface area (Å²) in [7, 11) is 1.66. The van der Waals surface area contributed by atoms with Crippen LogP contribution in [0.4, 0.5) is 0 Å². The van der Waals surface area contributed by atoms with Crippen molar-refractivity contribution in [1.82, 2.24) is 0 Å². The van der Waals surface area contributed by atoms with Crippen LogP contribution in [0.25, 0.3) is 16.2 Å². The minimum atomic E-state index is -0.0407. The fourth-order valence-electron chi connectivity index (χ4n) is 2.18. The van der Waals surface area contributed by atoms with Crippen LogP contribution in [0, 0.1) is 0 Å². The predicted octanol–water partition coefficient (Wildman–Crippen LogP) is 5.46. The van der Waals surface area contributed by atoms with E-state index in [1.54, 1.807) is 48.8 Å². The van der Waals surface area contributed by atoms with E-state index < -0.39 is 0 Å². The molecular weight excluding hydrogens is 316 g/mol. The molecule has 0 bridgehead atoms. The van der Waals surface area contributed by atoms with Crippen molar-refractivity contribution in [2.24, 2.45) is 0 Å². The Kier molecular flexibility index (Phi) is 4.27. The summed E-state index contributed by atoms with van der Waals surface area (Å²) in [4.78, 5) is 13.1. The molecule has 0 atom stereocenters. The lowest BCUT2D eigenvalue weighted by Gasteiger charge is -1.99. The highest BCUT2D eigenvalue weighted by Crippen LogP contribution is 2.33. The van der Waals surface area contributed by atoms with E-state index in [9.17, 15) is 4.79 Å². The highest BCUT2D eigenvalue weighted by atomic mass is 35.5. The second-order valence-electron chi connectivity index (χ2n) is 4.73. The molecule has 22 heavy (non-hydrogen) atoms. The molecule has 0 spiro atoms. The van der Waals surface area contributed by atoms with E-state index >= 15 is 0 Å². The summed E-state index contributed by atoms with van der Waals surface area (Å²) >= 11 is 7.45. The van der Waals surface area contributed by atoms with Gasteiger partial charge < -0.3 is 4.74 Å². The molecule has 0 aliphatic carbocycles. The highest BCUT2D eigenvalue weighted by Gasteiger charge is 2.06. The lowest BCUT2D eigenvalue weighted by atomic mass is 10.1. The third kappa shape index (κ3) is 3.06. The molecule has 1 heterocycles. The Morgan fingerprint density at radius 2 is 1.95 bits per heavy atom. The first-order valence-corrected chi connectivity index (χ1v) is 7.91. The molecule has 0 aliphatic heterocycles. The molecule has 2 nitrogen and oxygen atoms in total. The Bertz CT molecular complexity index is 847. The number of fused-ring (bicyclic) bond motifs is 1. The largest absolute Gasteiger partial charge is 0.496 e. The Balaban J connectivity index is 1.86. The lowest BCUT2D eigenvalue weighted by Crippen LogP contribution is -1.92. The van der Waals surface area contributed by atoms with Crippen LogP contribution >= 0.6 is 22.9 Å². The minimum absolute atomic E-state index is 0.0407. The Hall–Kier alpha value is -2.10. The Morgan fingerprint density at radius 3 is 2.68 bits per heavy atom. The van der Waals surface area contributed by atoms with Gasteiger partial charge in [0.2, 0.25) is 0 Å². The average molecular weight is 329 g/mol. The van der Waals surface area contributed by atoms with Crippen molar-refractivity contribution in [3.63, 3.8) is 0 Å². The number of thiophene rings is 1. The maximum absolute atomic E-state index is 12.1. The number of hydrogen-bond acceptors (Lipinski definition) is 3. The van der Waals surface area contributed by atoms with E-state index in [0.29, 0.717) is 10.6 Å². The van der Waals surface area contributed by atoms with Crippen LogP contribution in [0.3, 0.4) is 0 Å². The third-order valence-electron chi connectivity index (χ3n) is 3.29. The molecule has 3 aromatic rings. The van der Waals surface area contributed by atoms with E-state index in [0.717, 1.165) is 20.7 Å². The van der Waals surface area contributed by atoms with Gasteiger partial charge in [-0.25, -0.2) is 0 Å². The molecule has 0 amide bonds. The van der Waals surface area contributed by atoms with Crippen molar-refractivity contribution in [3.05, 3.63) is 70.1 Å². The minimum Gasteiger partial charge on any atom is -0.496 e. The molecule has 0 aliphatic rings. The van der Waals surface area contributed by atoms with Gasteiger partial charge in [0, 0.05) is 25.5 Å². The maximum atomic E-state index is 12.1. The Morgan fingerprint density at radius 1 is 1.18 bits per heavy atom. The van der Waals surface area contributed by atoms with Crippen LogP contribution in [-0.4, -0.2) is 12.9 Å². The summed E-state index contributed by atoms with van der Waals surface area (Å²) in [6.45, 7) is 0. The highest BCUT2D eigenvalue weighted by molar-refractivity contribution is 7.19. The number of methoxy groups -OCH3 is 1. The van der Waals surface area contributed by atoms with Gasteiger partial charge in [-0.05, 0) is 54.6 Å². The van der Waals surface area contributed by atoms with E-state index in [1.165, 1.54) is 0 Å². The van der Waals surface area contributed by atoms with Crippen LogP contribution in [0.5, 0.6) is 5.75 Å². The quantitative estimate of drug-likeness (QED) is 0.469. The maximum Gasteiger partial charge on any atom is 0.185 e. The summed E-state index contributed by atoms with van der Waals surface area (Å²) < 4.78 is 6.49. The zero-order chi connectivity index (χ0) is 15.5. The molecule has 0 fully saturated rings. The number of allylic oxidation sites excluding steroid dienone is 1. The molecule has 3 rings (SSSR count). The van der Waals surface area contributed by atoms with Gasteiger partial charge >= 0.3 is 0 Å². The zero-order valence-electron chi connectivity index (χ0n) is 11.9. The second kappa shape index (κ2) is 6.34. The number of carbonyl (C=O) groups excluding carboxylic acids is 1. The summed E-state index contributed by atoms with van der Waals surface area (Å²) in [5.74, 6) is 0.804. The number of hydrogen-bond donors (Lipinski definition) is 0. The molecule has 2 aromatic carbocycles. The van der Waals surface area contributed by atoms with Crippen molar-refractivity contribution in [2.75, 3.05) is 7.11 Å². The van der Waals surface area contributed by atoms with Crippen LogP contribution in [0.15, 0.2) is 54.6 Å². The molecule has 0 radical (unpaired) electrons. The van der Waals surface area contributed by atoms with Crippen LogP contribution in [0.1, 0.15) is 15.2 Å². The summed E-state index contributed by atoms with van der Waals surface area (Å²) in [6, 6.07) is 14.8. The smallest absolute Gasteiger partial charge is 0.185 e.